The number of nitrogens with one attached hydrogen (secondary N) is 1. The van der Waals surface area contributed by atoms with Gasteiger partial charge >= 0.3 is 0 Å². The minimum absolute atomic E-state index is 0.131. The van der Waals surface area contributed by atoms with Crippen molar-refractivity contribution in [2.24, 2.45) is 12.9 Å². The minimum atomic E-state index is -0.131. The Balaban J connectivity index is 2.49. The lowest BCUT2D eigenvalue weighted by molar-refractivity contribution is 0.492. The van der Waals surface area contributed by atoms with Crippen LogP contribution >= 0.6 is 0 Å². The highest BCUT2D eigenvalue weighted by atomic mass is 16.3. The molecule has 0 aliphatic heterocycles. The van der Waals surface area contributed by atoms with E-state index in [1.165, 1.54) is 0 Å². The van der Waals surface area contributed by atoms with Crippen LogP contribution in [0.2, 0.25) is 0 Å². The van der Waals surface area contributed by atoms with E-state index in [1.54, 1.807) is 4.68 Å². The summed E-state index contributed by atoms with van der Waals surface area (Å²) < 4.78 is 7.39. The van der Waals surface area contributed by atoms with Gasteiger partial charge in [0.1, 0.15) is 11.5 Å². The predicted octanol–water partition coefficient (Wildman–Crippen LogP) is 1.49. The van der Waals surface area contributed by atoms with Crippen molar-refractivity contribution in [3.63, 3.8) is 0 Å². The van der Waals surface area contributed by atoms with Crippen LogP contribution in [0.15, 0.2) is 16.7 Å². The molecule has 2 rings (SSSR count). The molecule has 17 heavy (non-hydrogen) atoms. The Bertz CT molecular complexity index is 527. The van der Waals surface area contributed by atoms with E-state index in [-0.39, 0.29) is 6.04 Å². The summed E-state index contributed by atoms with van der Waals surface area (Å²) in [7, 11) is 1.89. The smallest absolute Gasteiger partial charge is 0.106 e. The van der Waals surface area contributed by atoms with Crippen LogP contribution < -0.4 is 11.3 Å². The van der Waals surface area contributed by atoms with Gasteiger partial charge in [0.15, 0.2) is 0 Å². The highest BCUT2D eigenvalue weighted by molar-refractivity contribution is 5.38. The van der Waals surface area contributed by atoms with Crippen molar-refractivity contribution in [2.75, 3.05) is 0 Å². The Morgan fingerprint density at radius 3 is 2.47 bits per heavy atom. The van der Waals surface area contributed by atoms with E-state index in [9.17, 15) is 0 Å². The molecule has 0 saturated carbocycles. The Labute approximate surface area is 101 Å². The number of hydrogen-bond acceptors (Lipinski definition) is 4. The van der Waals surface area contributed by atoms with E-state index >= 15 is 0 Å². The fourth-order valence-corrected chi connectivity index (χ4v) is 2.14. The molecule has 0 aliphatic carbocycles. The summed E-state index contributed by atoms with van der Waals surface area (Å²) in [6.45, 7) is 5.94. The third-order valence-electron chi connectivity index (χ3n) is 3.10. The maximum atomic E-state index is 5.65. The van der Waals surface area contributed by atoms with Crippen molar-refractivity contribution in [1.29, 1.82) is 0 Å². The summed E-state index contributed by atoms with van der Waals surface area (Å²) in [5.41, 5.74) is 5.89. The minimum Gasteiger partial charge on any atom is -0.466 e. The highest BCUT2D eigenvalue weighted by Gasteiger charge is 2.23. The molecule has 0 aliphatic rings. The second kappa shape index (κ2) is 4.35. The Kier molecular flexibility index (Phi) is 3.04. The highest BCUT2D eigenvalue weighted by Crippen LogP contribution is 2.30. The second-order valence-corrected chi connectivity index (χ2v) is 4.27. The average Bonchev–Trinajstić information content (AvgIpc) is 2.79. The number of nitrogens with two attached hydrogens (primary N) is 1. The molecule has 0 bridgehead atoms. The predicted molar refractivity (Wildman–Crippen MR) is 65.3 cm³/mol. The quantitative estimate of drug-likeness (QED) is 0.623. The first kappa shape index (κ1) is 11.9. The number of rotatable bonds is 3. The normalized spacial score (nSPS) is 13.0. The Hall–Kier alpha value is -1.59. The largest absolute Gasteiger partial charge is 0.466 e. The Morgan fingerprint density at radius 1 is 1.35 bits per heavy atom. The summed E-state index contributed by atoms with van der Waals surface area (Å²) in [4.78, 5) is 0. The van der Waals surface area contributed by atoms with Crippen LogP contribution in [0.5, 0.6) is 0 Å². The van der Waals surface area contributed by atoms with Crippen molar-refractivity contribution in [1.82, 2.24) is 15.2 Å². The van der Waals surface area contributed by atoms with Gasteiger partial charge in [-0.15, -0.1) is 0 Å². The number of nitrogens with zero attached hydrogens (tertiary/aromatic N) is 2. The molecular weight excluding hydrogens is 216 g/mol. The van der Waals surface area contributed by atoms with E-state index in [0.29, 0.717) is 0 Å². The number of hydrazine groups is 1. The number of furan rings is 1. The third-order valence-corrected chi connectivity index (χ3v) is 3.10. The van der Waals surface area contributed by atoms with E-state index in [4.69, 9.17) is 10.3 Å². The van der Waals surface area contributed by atoms with Gasteiger partial charge in [0.05, 0.1) is 11.7 Å². The van der Waals surface area contributed by atoms with Crippen molar-refractivity contribution in [3.8, 4) is 0 Å². The summed E-state index contributed by atoms with van der Waals surface area (Å²) in [5, 5.41) is 4.38. The lowest BCUT2D eigenvalue weighted by Gasteiger charge is -2.14. The monoisotopic (exact) mass is 234 g/mol. The van der Waals surface area contributed by atoms with Crippen LogP contribution in [0.3, 0.4) is 0 Å². The molecule has 0 fully saturated rings. The fraction of sp³-hybridized carbons (Fsp3) is 0.417. The van der Waals surface area contributed by atoms with Gasteiger partial charge in [-0.3, -0.25) is 10.5 Å². The van der Waals surface area contributed by atoms with Gasteiger partial charge in [0.25, 0.3) is 0 Å². The van der Waals surface area contributed by atoms with Crippen molar-refractivity contribution in [3.05, 3.63) is 40.6 Å². The molecule has 0 saturated heterocycles. The molecule has 1 unspecified atom stereocenters. The van der Waals surface area contributed by atoms with Gasteiger partial charge in [-0.1, -0.05) is 0 Å². The molecule has 3 N–H and O–H groups in total. The van der Waals surface area contributed by atoms with Gasteiger partial charge in [0.2, 0.25) is 0 Å². The molecule has 0 aromatic carbocycles. The lowest BCUT2D eigenvalue weighted by atomic mass is 10.0. The zero-order valence-corrected chi connectivity index (χ0v) is 10.6. The summed E-state index contributed by atoms with van der Waals surface area (Å²) in [5.74, 6) is 7.46. The van der Waals surface area contributed by atoms with E-state index in [0.717, 1.165) is 28.3 Å². The molecule has 0 radical (unpaired) electrons. The van der Waals surface area contributed by atoms with E-state index < -0.39 is 0 Å². The van der Waals surface area contributed by atoms with Crippen LogP contribution in [0.25, 0.3) is 0 Å². The zero-order chi connectivity index (χ0) is 12.6. The van der Waals surface area contributed by atoms with Crippen molar-refractivity contribution in [2.45, 2.75) is 26.8 Å². The molecular formula is C12H18N4O. The van der Waals surface area contributed by atoms with Gasteiger partial charge in [-0.25, -0.2) is 5.43 Å². The number of hydrogen-bond donors (Lipinski definition) is 2. The van der Waals surface area contributed by atoms with Gasteiger partial charge in [-0.05, 0) is 32.4 Å². The van der Waals surface area contributed by atoms with Gasteiger partial charge < -0.3 is 4.42 Å². The fourth-order valence-electron chi connectivity index (χ4n) is 2.14. The summed E-state index contributed by atoms with van der Waals surface area (Å²) in [6, 6.07) is 1.82. The number of aryl methyl sites for hydroxylation is 3. The molecule has 2 aromatic rings. The molecule has 92 valence electrons. The molecule has 5 nitrogen and oxygen atoms in total. The SMILES string of the molecule is Cc1oc(C)c(C(NN)c2ccn(C)n2)c1C. The summed E-state index contributed by atoms with van der Waals surface area (Å²) in [6.07, 6.45) is 1.90. The van der Waals surface area contributed by atoms with E-state index in [1.807, 2.05) is 40.1 Å². The van der Waals surface area contributed by atoms with Crippen LogP contribution in [0.1, 0.15) is 34.4 Å². The standard InChI is InChI=1S/C12H18N4O/c1-7-8(2)17-9(3)11(7)12(14-13)10-5-6-16(4)15-10/h5-6,12,14H,13H2,1-4H3. The summed E-state index contributed by atoms with van der Waals surface area (Å²) >= 11 is 0. The van der Waals surface area contributed by atoms with Crippen molar-refractivity contribution < 1.29 is 4.42 Å². The zero-order valence-electron chi connectivity index (χ0n) is 10.6. The van der Waals surface area contributed by atoms with Crippen LogP contribution in [-0.2, 0) is 7.05 Å². The van der Waals surface area contributed by atoms with Crippen LogP contribution in [-0.4, -0.2) is 9.78 Å². The van der Waals surface area contributed by atoms with Crippen LogP contribution in [0.4, 0.5) is 0 Å². The van der Waals surface area contributed by atoms with E-state index in [2.05, 4.69) is 10.5 Å². The lowest BCUT2D eigenvalue weighted by Crippen LogP contribution is -2.30. The Morgan fingerprint density at radius 2 is 2.06 bits per heavy atom. The molecule has 5 heteroatoms. The number of aromatic nitrogens is 2. The van der Waals surface area contributed by atoms with Crippen LogP contribution in [0, 0.1) is 20.8 Å². The first-order valence-corrected chi connectivity index (χ1v) is 5.56. The average molecular weight is 234 g/mol. The van der Waals surface area contributed by atoms with Gasteiger partial charge in [0, 0.05) is 18.8 Å². The maximum absolute atomic E-state index is 5.65. The maximum Gasteiger partial charge on any atom is 0.106 e. The molecule has 0 spiro atoms. The molecule has 1 atom stereocenters. The molecule has 0 amide bonds. The second-order valence-electron chi connectivity index (χ2n) is 4.27. The molecule has 2 heterocycles. The van der Waals surface area contributed by atoms with Crippen molar-refractivity contribution >= 4 is 0 Å². The van der Waals surface area contributed by atoms with Gasteiger partial charge in [-0.2, -0.15) is 5.10 Å². The first-order valence-electron chi connectivity index (χ1n) is 5.56. The first-order chi connectivity index (χ1) is 8.04. The third kappa shape index (κ3) is 1.99. The molecule has 2 aromatic heterocycles. The topological polar surface area (TPSA) is 69.0 Å².